The SMILES string of the molecule is CNS(=O)(=O)c1ccc(OCCOC)c(C(=O)N2CCN(c3ccc(C#N)cc3)CC2)c1. The van der Waals surface area contributed by atoms with Gasteiger partial charge in [-0.15, -0.1) is 0 Å². The van der Waals surface area contributed by atoms with Crippen molar-refractivity contribution in [3.63, 3.8) is 0 Å². The molecule has 0 aromatic heterocycles. The number of benzene rings is 2. The predicted molar refractivity (Wildman–Crippen MR) is 119 cm³/mol. The molecule has 0 atom stereocenters. The number of piperazine rings is 1. The van der Waals surface area contributed by atoms with Gasteiger partial charge in [0.05, 0.1) is 28.7 Å². The quantitative estimate of drug-likeness (QED) is 0.596. The summed E-state index contributed by atoms with van der Waals surface area (Å²) >= 11 is 0. The second-order valence-electron chi connectivity index (χ2n) is 7.14. The molecule has 0 bridgehead atoms. The third kappa shape index (κ3) is 5.37. The maximum absolute atomic E-state index is 13.3. The van der Waals surface area contributed by atoms with Crippen molar-refractivity contribution in [3.8, 4) is 11.8 Å². The average Bonchev–Trinajstić information content (AvgIpc) is 2.84. The lowest BCUT2D eigenvalue weighted by molar-refractivity contribution is 0.0739. The van der Waals surface area contributed by atoms with Crippen molar-refractivity contribution in [1.82, 2.24) is 9.62 Å². The smallest absolute Gasteiger partial charge is 0.257 e. The van der Waals surface area contributed by atoms with Crippen molar-refractivity contribution >= 4 is 21.6 Å². The number of carbonyl (C=O) groups is 1. The van der Waals surface area contributed by atoms with Crippen molar-refractivity contribution in [2.45, 2.75) is 4.90 Å². The number of sulfonamides is 1. The molecule has 9 nitrogen and oxygen atoms in total. The molecule has 2 aromatic carbocycles. The van der Waals surface area contributed by atoms with Crippen LogP contribution in [0.5, 0.6) is 5.75 Å². The lowest BCUT2D eigenvalue weighted by Gasteiger charge is -2.36. The second-order valence-corrected chi connectivity index (χ2v) is 9.03. The highest BCUT2D eigenvalue weighted by atomic mass is 32.2. The summed E-state index contributed by atoms with van der Waals surface area (Å²) in [4.78, 5) is 17.1. The first-order valence-electron chi connectivity index (χ1n) is 10.1. The van der Waals surface area contributed by atoms with Gasteiger partial charge in [-0.25, -0.2) is 13.1 Å². The Hall–Kier alpha value is -3.13. The first-order chi connectivity index (χ1) is 15.4. The van der Waals surface area contributed by atoms with E-state index in [2.05, 4.69) is 15.7 Å². The predicted octanol–water partition coefficient (Wildman–Crippen LogP) is 1.45. The van der Waals surface area contributed by atoms with Gasteiger partial charge < -0.3 is 19.3 Å². The number of nitriles is 1. The Morgan fingerprint density at radius 2 is 1.78 bits per heavy atom. The number of hydrogen-bond acceptors (Lipinski definition) is 7. The summed E-state index contributed by atoms with van der Waals surface area (Å²) in [5, 5.41) is 8.95. The summed E-state index contributed by atoms with van der Waals surface area (Å²) in [6.45, 7) is 2.76. The van der Waals surface area contributed by atoms with E-state index in [9.17, 15) is 13.2 Å². The van der Waals surface area contributed by atoms with Gasteiger partial charge in [-0.05, 0) is 49.5 Å². The molecule has 10 heteroatoms. The zero-order chi connectivity index (χ0) is 23.1. The molecular formula is C22H26N4O5S. The molecule has 3 rings (SSSR count). The van der Waals surface area contributed by atoms with Gasteiger partial charge in [0.15, 0.2) is 0 Å². The van der Waals surface area contributed by atoms with Crippen LogP contribution in [0.4, 0.5) is 5.69 Å². The fraction of sp³-hybridized carbons (Fsp3) is 0.364. The van der Waals surface area contributed by atoms with Crippen LogP contribution in [-0.2, 0) is 14.8 Å². The lowest BCUT2D eigenvalue weighted by Crippen LogP contribution is -2.48. The van der Waals surface area contributed by atoms with Gasteiger partial charge in [-0.3, -0.25) is 4.79 Å². The Balaban J connectivity index is 1.77. The van der Waals surface area contributed by atoms with Crippen molar-refractivity contribution in [1.29, 1.82) is 5.26 Å². The summed E-state index contributed by atoms with van der Waals surface area (Å²) < 4.78 is 37.4. The van der Waals surface area contributed by atoms with Gasteiger partial charge in [0.1, 0.15) is 12.4 Å². The zero-order valence-corrected chi connectivity index (χ0v) is 18.9. The van der Waals surface area contributed by atoms with Crippen LogP contribution in [0.25, 0.3) is 0 Å². The number of hydrogen-bond donors (Lipinski definition) is 1. The van der Waals surface area contributed by atoms with Gasteiger partial charge in [0.2, 0.25) is 10.0 Å². The normalized spacial score (nSPS) is 14.2. The second kappa shape index (κ2) is 10.5. The molecule has 1 saturated heterocycles. The Kier molecular flexibility index (Phi) is 7.69. The summed E-state index contributed by atoms with van der Waals surface area (Å²) in [6, 6.07) is 13.7. The minimum absolute atomic E-state index is 0.00124. The lowest BCUT2D eigenvalue weighted by atomic mass is 10.1. The molecule has 0 radical (unpaired) electrons. The van der Waals surface area contributed by atoms with E-state index in [1.807, 2.05) is 12.1 Å². The number of amides is 1. The van der Waals surface area contributed by atoms with E-state index in [1.54, 1.807) is 24.1 Å². The molecule has 0 saturated carbocycles. The highest BCUT2D eigenvalue weighted by Crippen LogP contribution is 2.26. The van der Waals surface area contributed by atoms with Crippen LogP contribution >= 0.6 is 0 Å². The Labute approximate surface area is 188 Å². The Morgan fingerprint density at radius 1 is 1.09 bits per heavy atom. The fourth-order valence-corrected chi connectivity index (χ4v) is 4.16. The zero-order valence-electron chi connectivity index (χ0n) is 18.1. The molecule has 0 spiro atoms. The number of nitrogens with one attached hydrogen (secondary N) is 1. The van der Waals surface area contributed by atoms with E-state index in [0.717, 1.165) is 5.69 Å². The van der Waals surface area contributed by atoms with Crippen molar-refractivity contribution in [2.24, 2.45) is 0 Å². The summed E-state index contributed by atoms with van der Waals surface area (Å²) in [6.07, 6.45) is 0. The van der Waals surface area contributed by atoms with Crippen LogP contribution < -0.4 is 14.4 Å². The van der Waals surface area contributed by atoms with E-state index in [1.165, 1.54) is 25.2 Å². The van der Waals surface area contributed by atoms with Gasteiger partial charge in [-0.1, -0.05) is 0 Å². The molecule has 32 heavy (non-hydrogen) atoms. The minimum Gasteiger partial charge on any atom is -0.490 e. The molecule has 0 unspecified atom stereocenters. The number of carbonyl (C=O) groups excluding carboxylic acids is 1. The van der Waals surface area contributed by atoms with Gasteiger partial charge in [0.25, 0.3) is 5.91 Å². The van der Waals surface area contributed by atoms with Crippen molar-refractivity contribution in [2.75, 3.05) is 58.5 Å². The Bertz CT molecular complexity index is 1090. The number of nitrogens with zero attached hydrogens (tertiary/aromatic N) is 3. The maximum Gasteiger partial charge on any atom is 0.257 e. The Morgan fingerprint density at radius 3 is 2.38 bits per heavy atom. The minimum atomic E-state index is -3.71. The maximum atomic E-state index is 13.3. The molecule has 2 aromatic rings. The molecule has 1 aliphatic heterocycles. The van der Waals surface area contributed by atoms with Crippen LogP contribution in [0.3, 0.4) is 0 Å². The molecule has 170 valence electrons. The molecule has 0 aliphatic carbocycles. The van der Waals surface area contributed by atoms with Crippen LogP contribution in [0.15, 0.2) is 47.4 Å². The largest absolute Gasteiger partial charge is 0.490 e. The number of ether oxygens (including phenoxy) is 2. The van der Waals surface area contributed by atoms with Crippen LogP contribution in [0.1, 0.15) is 15.9 Å². The van der Waals surface area contributed by atoms with Crippen LogP contribution in [0.2, 0.25) is 0 Å². The molecular weight excluding hydrogens is 432 g/mol. The molecule has 1 fully saturated rings. The molecule has 1 N–H and O–H groups in total. The van der Waals surface area contributed by atoms with Gasteiger partial charge >= 0.3 is 0 Å². The standard InChI is InChI=1S/C22H26N4O5S/c1-24-32(28,29)19-7-8-21(31-14-13-30-2)20(15-19)22(27)26-11-9-25(10-12-26)18-5-3-17(16-23)4-6-18/h3-8,15,24H,9-14H2,1-2H3. The fourth-order valence-electron chi connectivity index (χ4n) is 3.41. The first kappa shape index (κ1) is 23.5. The molecule has 1 heterocycles. The van der Waals surface area contributed by atoms with E-state index < -0.39 is 10.0 Å². The van der Waals surface area contributed by atoms with E-state index in [-0.39, 0.29) is 23.0 Å². The molecule has 1 aliphatic rings. The van der Waals surface area contributed by atoms with E-state index in [0.29, 0.717) is 44.1 Å². The van der Waals surface area contributed by atoms with E-state index >= 15 is 0 Å². The molecule has 1 amide bonds. The number of anilines is 1. The van der Waals surface area contributed by atoms with Crippen LogP contribution in [0, 0.1) is 11.3 Å². The van der Waals surface area contributed by atoms with Gasteiger partial charge in [0, 0.05) is 39.0 Å². The van der Waals surface area contributed by atoms with Gasteiger partial charge in [-0.2, -0.15) is 5.26 Å². The van der Waals surface area contributed by atoms with Crippen molar-refractivity contribution in [3.05, 3.63) is 53.6 Å². The number of methoxy groups -OCH3 is 1. The summed E-state index contributed by atoms with van der Waals surface area (Å²) in [5.41, 5.74) is 1.78. The van der Waals surface area contributed by atoms with Crippen molar-refractivity contribution < 1.29 is 22.7 Å². The first-order valence-corrected chi connectivity index (χ1v) is 11.6. The highest BCUT2D eigenvalue weighted by Gasteiger charge is 2.26. The highest BCUT2D eigenvalue weighted by molar-refractivity contribution is 7.89. The number of rotatable bonds is 8. The monoisotopic (exact) mass is 458 g/mol. The summed E-state index contributed by atoms with van der Waals surface area (Å²) in [7, 11) is -0.841. The topological polar surface area (TPSA) is 112 Å². The van der Waals surface area contributed by atoms with Crippen LogP contribution in [-0.4, -0.2) is 72.8 Å². The van der Waals surface area contributed by atoms with E-state index in [4.69, 9.17) is 14.7 Å². The summed E-state index contributed by atoms with van der Waals surface area (Å²) in [5.74, 6) is 0.0293. The third-order valence-corrected chi connectivity index (χ3v) is 6.65. The average molecular weight is 459 g/mol. The third-order valence-electron chi connectivity index (χ3n) is 5.23.